The van der Waals surface area contributed by atoms with E-state index in [1.807, 2.05) is 32.9 Å². The second-order valence-corrected chi connectivity index (χ2v) is 8.10. The molecule has 0 spiro atoms. The lowest BCUT2D eigenvalue weighted by Crippen LogP contribution is -2.28. The first-order valence-corrected chi connectivity index (χ1v) is 9.28. The quantitative estimate of drug-likeness (QED) is 0.855. The molecular weight excluding hydrogens is 334 g/mol. The van der Waals surface area contributed by atoms with E-state index in [9.17, 15) is 9.90 Å². The summed E-state index contributed by atoms with van der Waals surface area (Å²) in [5, 5.41) is 12.5. The Morgan fingerprint density at radius 1 is 1.42 bits per heavy atom. The summed E-state index contributed by atoms with van der Waals surface area (Å²) in [7, 11) is 0. The summed E-state index contributed by atoms with van der Waals surface area (Å²) in [6.07, 6.45) is 0.995. The Bertz CT molecular complexity index is 638. The third kappa shape index (κ3) is 5.16. The maximum absolute atomic E-state index is 12.0. The van der Waals surface area contributed by atoms with Gasteiger partial charge in [-0.1, -0.05) is 6.07 Å². The van der Waals surface area contributed by atoms with Crippen LogP contribution in [0.25, 0.3) is 0 Å². The highest BCUT2D eigenvalue weighted by molar-refractivity contribution is 5.83. The van der Waals surface area contributed by atoms with Crippen molar-refractivity contribution >= 4 is 11.9 Å². The predicted octanol–water partition coefficient (Wildman–Crippen LogP) is 2.50. The largest absolute Gasteiger partial charge is 0.444 e. The predicted molar refractivity (Wildman–Crippen MR) is 98.2 cm³/mol. The van der Waals surface area contributed by atoms with Gasteiger partial charge in [0.25, 0.3) is 0 Å². The fourth-order valence-corrected chi connectivity index (χ4v) is 3.44. The standard InChI is InChI=1S/C19H29N3O4/c1-19(2,3)26-18(24)21-17-5-4-15(13-7-9-25-12-13)16(20-17)11-22-8-6-14(23)10-22/h4-5,13-14,23H,6-12H2,1-3H3,(H,20,21,24)/t13-,14+/m0/s1. The number of carbonyl (C=O) groups excluding carboxylic acids is 1. The van der Waals surface area contributed by atoms with Crippen LogP contribution in [0.1, 0.15) is 50.8 Å². The second kappa shape index (κ2) is 7.90. The molecule has 1 aromatic heterocycles. The van der Waals surface area contributed by atoms with Gasteiger partial charge in [0.2, 0.25) is 0 Å². The number of aliphatic hydroxyl groups excluding tert-OH is 1. The maximum atomic E-state index is 12.0. The van der Waals surface area contributed by atoms with Gasteiger partial charge in [0, 0.05) is 32.2 Å². The van der Waals surface area contributed by atoms with Crippen LogP contribution in [0.2, 0.25) is 0 Å². The molecule has 2 fully saturated rings. The lowest BCUT2D eigenvalue weighted by molar-refractivity contribution is 0.0635. The SMILES string of the molecule is CC(C)(C)OC(=O)Nc1ccc([C@H]2CCOC2)c(CN2CC[C@@H](O)C2)n1. The van der Waals surface area contributed by atoms with Crippen molar-refractivity contribution in [1.82, 2.24) is 9.88 Å². The highest BCUT2D eigenvalue weighted by atomic mass is 16.6. The first-order chi connectivity index (χ1) is 12.3. The van der Waals surface area contributed by atoms with Crippen molar-refractivity contribution in [2.24, 2.45) is 0 Å². The zero-order valence-corrected chi connectivity index (χ0v) is 15.8. The molecular formula is C19H29N3O4. The van der Waals surface area contributed by atoms with E-state index in [0.29, 0.717) is 31.4 Å². The van der Waals surface area contributed by atoms with Crippen LogP contribution in [0.3, 0.4) is 0 Å². The normalized spacial score (nSPS) is 24.0. The summed E-state index contributed by atoms with van der Waals surface area (Å²) < 4.78 is 10.8. The molecule has 0 bridgehead atoms. The molecule has 3 rings (SSSR count). The lowest BCUT2D eigenvalue weighted by Gasteiger charge is -2.21. The van der Waals surface area contributed by atoms with Gasteiger partial charge in [0.15, 0.2) is 0 Å². The minimum absolute atomic E-state index is 0.267. The molecule has 26 heavy (non-hydrogen) atoms. The number of nitrogens with zero attached hydrogens (tertiary/aromatic N) is 2. The van der Waals surface area contributed by atoms with Crippen LogP contribution in [0.4, 0.5) is 10.6 Å². The first-order valence-electron chi connectivity index (χ1n) is 9.28. The molecule has 1 aromatic rings. The van der Waals surface area contributed by atoms with Crippen LogP contribution in [-0.4, -0.2) is 59.1 Å². The number of likely N-dealkylation sites (tertiary alicyclic amines) is 1. The lowest BCUT2D eigenvalue weighted by atomic mass is 9.96. The fraction of sp³-hybridized carbons (Fsp3) is 0.684. The van der Waals surface area contributed by atoms with Gasteiger partial charge in [-0.05, 0) is 45.2 Å². The highest BCUT2D eigenvalue weighted by Crippen LogP contribution is 2.29. The molecule has 0 aliphatic carbocycles. The van der Waals surface area contributed by atoms with Crippen LogP contribution in [-0.2, 0) is 16.0 Å². The van der Waals surface area contributed by atoms with Crippen molar-refractivity contribution in [1.29, 1.82) is 0 Å². The highest BCUT2D eigenvalue weighted by Gasteiger charge is 2.26. The van der Waals surface area contributed by atoms with Gasteiger partial charge in [0.1, 0.15) is 11.4 Å². The molecule has 1 amide bonds. The zero-order chi connectivity index (χ0) is 18.7. The zero-order valence-electron chi connectivity index (χ0n) is 15.8. The van der Waals surface area contributed by atoms with Gasteiger partial charge in [-0.3, -0.25) is 10.2 Å². The van der Waals surface area contributed by atoms with Crippen LogP contribution in [0, 0.1) is 0 Å². The Labute approximate surface area is 154 Å². The summed E-state index contributed by atoms with van der Waals surface area (Å²) in [6, 6.07) is 3.85. The van der Waals surface area contributed by atoms with E-state index in [1.54, 1.807) is 0 Å². The van der Waals surface area contributed by atoms with E-state index in [2.05, 4.69) is 15.2 Å². The molecule has 7 nitrogen and oxygen atoms in total. The average Bonchev–Trinajstić information content (AvgIpc) is 3.17. The van der Waals surface area contributed by atoms with Gasteiger partial charge in [-0.15, -0.1) is 0 Å². The number of pyridine rings is 1. The molecule has 2 saturated heterocycles. The molecule has 2 atom stereocenters. The minimum Gasteiger partial charge on any atom is -0.444 e. The van der Waals surface area contributed by atoms with Crippen LogP contribution in [0.15, 0.2) is 12.1 Å². The number of β-amino-alcohol motifs (C(OH)–C–C–N with tert-alkyl or cyclic N) is 1. The number of anilines is 1. The van der Waals surface area contributed by atoms with Crippen molar-refractivity contribution in [2.75, 3.05) is 31.6 Å². The smallest absolute Gasteiger partial charge is 0.413 e. The number of amides is 1. The van der Waals surface area contributed by atoms with Crippen molar-refractivity contribution < 1.29 is 19.4 Å². The van der Waals surface area contributed by atoms with Gasteiger partial charge in [-0.2, -0.15) is 0 Å². The molecule has 3 heterocycles. The molecule has 2 N–H and O–H groups in total. The molecule has 2 aliphatic heterocycles. The third-order valence-corrected chi connectivity index (χ3v) is 4.63. The van der Waals surface area contributed by atoms with Gasteiger partial charge in [-0.25, -0.2) is 9.78 Å². The number of hydrogen-bond donors (Lipinski definition) is 2. The first kappa shape index (κ1) is 19.1. The Morgan fingerprint density at radius 2 is 2.23 bits per heavy atom. The minimum atomic E-state index is -0.556. The van der Waals surface area contributed by atoms with Gasteiger partial charge < -0.3 is 14.6 Å². The number of aliphatic hydroxyl groups is 1. The number of carbonyl (C=O) groups is 1. The number of nitrogens with one attached hydrogen (secondary N) is 1. The van der Waals surface area contributed by atoms with Crippen molar-refractivity contribution in [3.05, 3.63) is 23.4 Å². The molecule has 2 aliphatic rings. The van der Waals surface area contributed by atoms with Crippen molar-refractivity contribution in [3.8, 4) is 0 Å². The number of ether oxygens (including phenoxy) is 2. The number of aromatic nitrogens is 1. The summed E-state index contributed by atoms with van der Waals surface area (Å²) in [4.78, 5) is 18.9. The monoisotopic (exact) mass is 363 g/mol. The maximum Gasteiger partial charge on any atom is 0.413 e. The van der Waals surface area contributed by atoms with E-state index in [0.717, 1.165) is 31.7 Å². The van der Waals surface area contributed by atoms with E-state index < -0.39 is 11.7 Å². The Hall–Kier alpha value is -1.70. The molecule has 0 radical (unpaired) electrons. The fourth-order valence-electron chi connectivity index (χ4n) is 3.44. The molecule has 144 valence electrons. The van der Waals surface area contributed by atoms with E-state index in [-0.39, 0.29) is 6.10 Å². The van der Waals surface area contributed by atoms with E-state index in [4.69, 9.17) is 9.47 Å². The van der Waals surface area contributed by atoms with Gasteiger partial charge >= 0.3 is 6.09 Å². The summed E-state index contributed by atoms with van der Waals surface area (Å²) >= 11 is 0. The van der Waals surface area contributed by atoms with Crippen molar-refractivity contribution in [3.63, 3.8) is 0 Å². The summed E-state index contributed by atoms with van der Waals surface area (Å²) in [5.41, 5.74) is 1.54. The van der Waals surface area contributed by atoms with Gasteiger partial charge in [0.05, 0.1) is 18.4 Å². The van der Waals surface area contributed by atoms with Crippen molar-refractivity contribution in [2.45, 2.75) is 57.8 Å². The third-order valence-electron chi connectivity index (χ3n) is 4.63. The summed E-state index contributed by atoms with van der Waals surface area (Å²) in [6.45, 7) is 9.13. The van der Waals surface area contributed by atoms with E-state index in [1.165, 1.54) is 5.56 Å². The topological polar surface area (TPSA) is 83.9 Å². The second-order valence-electron chi connectivity index (χ2n) is 8.10. The molecule has 7 heteroatoms. The van der Waals surface area contributed by atoms with E-state index >= 15 is 0 Å². The van der Waals surface area contributed by atoms with Crippen LogP contribution >= 0.6 is 0 Å². The number of hydrogen-bond acceptors (Lipinski definition) is 6. The molecule has 0 saturated carbocycles. The molecule has 0 unspecified atom stereocenters. The average molecular weight is 363 g/mol. The summed E-state index contributed by atoms with van der Waals surface area (Å²) in [5.74, 6) is 0.817. The Kier molecular flexibility index (Phi) is 5.79. The van der Waals surface area contributed by atoms with Crippen LogP contribution < -0.4 is 5.32 Å². The van der Waals surface area contributed by atoms with Crippen LogP contribution in [0.5, 0.6) is 0 Å². The Morgan fingerprint density at radius 3 is 2.85 bits per heavy atom. The Balaban J connectivity index is 1.76. The number of rotatable bonds is 4. The molecule has 0 aromatic carbocycles.